The van der Waals surface area contributed by atoms with E-state index >= 15 is 0 Å². The van der Waals surface area contributed by atoms with Gasteiger partial charge >= 0.3 is 0 Å². The summed E-state index contributed by atoms with van der Waals surface area (Å²) in [5, 5.41) is 12.2. The zero-order valence-electron chi connectivity index (χ0n) is 12.9. The molecule has 0 aliphatic heterocycles. The Hall–Kier alpha value is -1.60. The van der Waals surface area contributed by atoms with E-state index in [0.29, 0.717) is 12.5 Å². The second-order valence-corrected chi connectivity index (χ2v) is 5.74. The molecule has 21 heavy (non-hydrogen) atoms. The summed E-state index contributed by atoms with van der Waals surface area (Å²) in [6.07, 6.45) is 6.74. The largest absolute Gasteiger partial charge is 0.312 e. The number of fused-ring (bicyclic) bond motifs is 1. The van der Waals surface area contributed by atoms with Crippen LogP contribution in [0.25, 0.3) is 0 Å². The molecule has 4 heteroatoms. The molecule has 0 amide bonds. The predicted octanol–water partition coefficient (Wildman–Crippen LogP) is 2.92. The molecule has 0 fully saturated rings. The molecule has 1 heterocycles. The summed E-state index contributed by atoms with van der Waals surface area (Å²) in [5.41, 5.74) is 2.61. The predicted molar refractivity (Wildman–Crippen MR) is 84.1 cm³/mol. The number of hydrogen-bond donors (Lipinski definition) is 1. The summed E-state index contributed by atoms with van der Waals surface area (Å²) in [4.78, 5) is 12.2. The average Bonchev–Trinajstić information content (AvgIpc) is 2.51. The zero-order chi connectivity index (χ0) is 15.1. The van der Waals surface area contributed by atoms with Crippen molar-refractivity contribution < 1.29 is 0 Å². The first-order chi connectivity index (χ1) is 10.3. The third kappa shape index (κ3) is 3.95. The van der Waals surface area contributed by atoms with Gasteiger partial charge in [-0.3, -0.25) is 4.79 Å². The van der Waals surface area contributed by atoms with E-state index in [2.05, 4.69) is 18.3 Å². The molecule has 0 saturated carbocycles. The molecule has 0 spiro atoms. The molecular formula is C17H25N3O. The van der Waals surface area contributed by atoms with E-state index in [4.69, 9.17) is 5.26 Å². The standard InChI is InChI=1S/C17H25N3O/c1-2-12-19-15-7-6-8-16-14(15)9-10-17(21)20(16)13-5-3-4-11-18/h9-10,15,19H,2-8,12-13H2,1H3. The third-order valence-electron chi connectivity index (χ3n) is 4.17. The van der Waals surface area contributed by atoms with Crippen molar-refractivity contribution in [3.8, 4) is 6.07 Å². The van der Waals surface area contributed by atoms with Crippen molar-refractivity contribution in [2.45, 2.75) is 64.5 Å². The van der Waals surface area contributed by atoms with Crippen LogP contribution in [0.2, 0.25) is 0 Å². The SMILES string of the molecule is CCCNC1CCCc2c1ccc(=O)n2CCCCC#N. The molecule has 1 aromatic rings. The Bertz CT molecular complexity index is 556. The fourth-order valence-corrected chi connectivity index (χ4v) is 3.11. The van der Waals surface area contributed by atoms with Crippen LogP contribution in [0.4, 0.5) is 0 Å². The fourth-order valence-electron chi connectivity index (χ4n) is 3.11. The summed E-state index contributed by atoms with van der Waals surface area (Å²) < 4.78 is 1.94. The van der Waals surface area contributed by atoms with Crippen molar-refractivity contribution in [2.24, 2.45) is 0 Å². The van der Waals surface area contributed by atoms with Crippen molar-refractivity contribution in [3.05, 3.63) is 33.7 Å². The van der Waals surface area contributed by atoms with Gasteiger partial charge in [-0.1, -0.05) is 13.0 Å². The van der Waals surface area contributed by atoms with Gasteiger partial charge in [0.25, 0.3) is 5.56 Å². The van der Waals surface area contributed by atoms with E-state index in [0.717, 1.165) is 51.6 Å². The van der Waals surface area contributed by atoms with E-state index < -0.39 is 0 Å². The minimum absolute atomic E-state index is 0.0989. The normalized spacial score (nSPS) is 17.2. The molecule has 4 nitrogen and oxygen atoms in total. The van der Waals surface area contributed by atoms with Crippen molar-refractivity contribution >= 4 is 0 Å². The minimum atomic E-state index is 0.0989. The Morgan fingerprint density at radius 2 is 2.29 bits per heavy atom. The van der Waals surface area contributed by atoms with Crippen molar-refractivity contribution in [1.82, 2.24) is 9.88 Å². The Balaban J connectivity index is 2.17. The number of nitriles is 1. The molecule has 1 aliphatic rings. The van der Waals surface area contributed by atoms with Crippen LogP contribution in [0, 0.1) is 11.3 Å². The molecule has 0 bridgehead atoms. The molecule has 0 saturated heterocycles. The summed E-state index contributed by atoms with van der Waals surface area (Å²) in [5.74, 6) is 0. The Kier molecular flexibility index (Phi) is 6.01. The van der Waals surface area contributed by atoms with Gasteiger partial charge in [-0.25, -0.2) is 0 Å². The Morgan fingerprint density at radius 1 is 1.43 bits per heavy atom. The molecule has 0 radical (unpaired) electrons. The summed E-state index contributed by atoms with van der Waals surface area (Å²) in [7, 11) is 0. The van der Waals surface area contributed by atoms with Crippen LogP contribution in [0.15, 0.2) is 16.9 Å². The van der Waals surface area contributed by atoms with Crippen LogP contribution in [0.1, 0.15) is 62.7 Å². The highest BCUT2D eigenvalue weighted by Crippen LogP contribution is 2.28. The van der Waals surface area contributed by atoms with Gasteiger partial charge in [0.2, 0.25) is 0 Å². The fraction of sp³-hybridized carbons (Fsp3) is 0.647. The van der Waals surface area contributed by atoms with Crippen LogP contribution < -0.4 is 10.9 Å². The number of nitrogens with zero attached hydrogens (tertiary/aromatic N) is 2. The van der Waals surface area contributed by atoms with E-state index in [1.165, 1.54) is 11.3 Å². The van der Waals surface area contributed by atoms with Gasteiger partial charge < -0.3 is 9.88 Å². The van der Waals surface area contributed by atoms with Gasteiger partial charge in [0, 0.05) is 30.8 Å². The molecule has 114 valence electrons. The lowest BCUT2D eigenvalue weighted by Crippen LogP contribution is -2.32. The van der Waals surface area contributed by atoms with Crippen molar-refractivity contribution in [3.63, 3.8) is 0 Å². The molecule has 1 aromatic heterocycles. The van der Waals surface area contributed by atoms with E-state index in [-0.39, 0.29) is 5.56 Å². The lowest BCUT2D eigenvalue weighted by Gasteiger charge is -2.28. The summed E-state index contributed by atoms with van der Waals surface area (Å²) >= 11 is 0. The summed E-state index contributed by atoms with van der Waals surface area (Å²) in [6, 6.07) is 6.27. The zero-order valence-corrected chi connectivity index (χ0v) is 12.9. The van der Waals surface area contributed by atoms with Crippen molar-refractivity contribution in [2.75, 3.05) is 6.54 Å². The quantitative estimate of drug-likeness (QED) is 0.784. The van der Waals surface area contributed by atoms with E-state index in [1.54, 1.807) is 6.07 Å². The van der Waals surface area contributed by atoms with E-state index in [9.17, 15) is 4.79 Å². The molecular weight excluding hydrogens is 262 g/mol. The van der Waals surface area contributed by atoms with Gasteiger partial charge in [-0.15, -0.1) is 0 Å². The lowest BCUT2D eigenvalue weighted by atomic mass is 9.90. The van der Waals surface area contributed by atoms with E-state index in [1.807, 2.05) is 10.6 Å². The molecule has 0 aromatic carbocycles. The van der Waals surface area contributed by atoms with Crippen LogP contribution in [-0.2, 0) is 13.0 Å². The number of nitrogens with one attached hydrogen (secondary N) is 1. The van der Waals surface area contributed by atoms with Gasteiger partial charge in [0.1, 0.15) is 0 Å². The molecule has 1 atom stereocenters. The smallest absolute Gasteiger partial charge is 0.250 e. The highest BCUT2D eigenvalue weighted by atomic mass is 16.1. The number of rotatable bonds is 7. The maximum absolute atomic E-state index is 12.2. The second-order valence-electron chi connectivity index (χ2n) is 5.74. The first-order valence-electron chi connectivity index (χ1n) is 8.11. The van der Waals surface area contributed by atoms with Crippen LogP contribution in [-0.4, -0.2) is 11.1 Å². The van der Waals surface area contributed by atoms with Gasteiger partial charge in [0.05, 0.1) is 6.07 Å². The molecule has 1 unspecified atom stereocenters. The van der Waals surface area contributed by atoms with Crippen molar-refractivity contribution in [1.29, 1.82) is 5.26 Å². The van der Waals surface area contributed by atoms with Gasteiger partial charge in [0.15, 0.2) is 0 Å². The maximum Gasteiger partial charge on any atom is 0.250 e. The number of pyridine rings is 1. The number of hydrogen-bond acceptors (Lipinski definition) is 3. The third-order valence-corrected chi connectivity index (χ3v) is 4.17. The minimum Gasteiger partial charge on any atom is -0.312 e. The van der Waals surface area contributed by atoms with Crippen LogP contribution in [0.3, 0.4) is 0 Å². The number of unbranched alkanes of at least 4 members (excludes halogenated alkanes) is 2. The Labute approximate surface area is 126 Å². The monoisotopic (exact) mass is 287 g/mol. The second kappa shape index (κ2) is 7.99. The highest BCUT2D eigenvalue weighted by Gasteiger charge is 2.22. The lowest BCUT2D eigenvalue weighted by molar-refractivity contribution is 0.437. The summed E-state index contributed by atoms with van der Waals surface area (Å²) in [6.45, 7) is 3.93. The maximum atomic E-state index is 12.2. The Morgan fingerprint density at radius 3 is 3.05 bits per heavy atom. The molecule has 1 N–H and O–H groups in total. The first kappa shape index (κ1) is 15.8. The van der Waals surface area contributed by atoms with Gasteiger partial charge in [-0.05, 0) is 50.6 Å². The number of aromatic nitrogens is 1. The average molecular weight is 287 g/mol. The highest BCUT2D eigenvalue weighted by molar-refractivity contribution is 5.27. The topological polar surface area (TPSA) is 57.8 Å². The molecule has 2 rings (SSSR count). The van der Waals surface area contributed by atoms with Crippen LogP contribution >= 0.6 is 0 Å². The van der Waals surface area contributed by atoms with Gasteiger partial charge in [-0.2, -0.15) is 5.26 Å². The first-order valence-corrected chi connectivity index (χ1v) is 8.11. The molecule has 1 aliphatic carbocycles. The van der Waals surface area contributed by atoms with Crippen LogP contribution in [0.5, 0.6) is 0 Å².